The first-order valence-electron chi connectivity index (χ1n) is 15.4. The van der Waals surface area contributed by atoms with E-state index in [2.05, 4.69) is 89.5 Å². The summed E-state index contributed by atoms with van der Waals surface area (Å²) in [4.78, 5) is 15.6. The van der Waals surface area contributed by atoms with Crippen LogP contribution in [0.3, 0.4) is 0 Å². The molecular weight excluding hydrogens is 564 g/mol. The molecule has 0 atom stereocenters. The van der Waals surface area contributed by atoms with Gasteiger partial charge in [-0.1, -0.05) is 115 Å². The molecule has 0 amide bonds. The third kappa shape index (κ3) is 3.66. The van der Waals surface area contributed by atoms with Gasteiger partial charge in [-0.05, 0) is 51.9 Å². The Balaban J connectivity index is 1.35. The molecule has 5 nitrogen and oxygen atoms in total. The van der Waals surface area contributed by atoms with Gasteiger partial charge >= 0.3 is 0 Å². The quantitative estimate of drug-likeness (QED) is 0.206. The van der Waals surface area contributed by atoms with E-state index in [1.165, 1.54) is 21.5 Å². The Morgan fingerprint density at radius 3 is 2.00 bits per heavy atom. The number of nitrogens with zero attached hydrogens (tertiary/aromatic N) is 4. The van der Waals surface area contributed by atoms with Crippen LogP contribution in [0.2, 0.25) is 0 Å². The van der Waals surface area contributed by atoms with Gasteiger partial charge in [0.1, 0.15) is 11.2 Å². The molecule has 0 bridgehead atoms. The highest BCUT2D eigenvalue weighted by molar-refractivity contribution is 6.23. The lowest BCUT2D eigenvalue weighted by molar-refractivity contribution is 0.669. The number of fused-ring (bicyclic) bond motifs is 9. The summed E-state index contributed by atoms with van der Waals surface area (Å²) in [5, 5.41) is 9.13. The summed E-state index contributed by atoms with van der Waals surface area (Å²) in [6.07, 6.45) is 0. The predicted molar refractivity (Wildman–Crippen MR) is 187 cm³/mol. The maximum absolute atomic E-state index is 6.25. The molecule has 7 aromatic carbocycles. The van der Waals surface area contributed by atoms with Crippen molar-refractivity contribution in [2.45, 2.75) is 0 Å². The second kappa shape index (κ2) is 9.58. The van der Waals surface area contributed by atoms with E-state index in [1.54, 1.807) is 0 Å². The van der Waals surface area contributed by atoms with Crippen LogP contribution in [0, 0.1) is 0 Å². The van der Waals surface area contributed by atoms with Crippen LogP contribution in [-0.4, -0.2) is 19.5 Å². The van der Waals surface area contributed by atoms with Crippen molar-refractivity contribution in [3.63, 3.8) is 0 Å². The van der Waals surface area contributed by atoms with Crippen LogP contribution in [0.4, 0.5) is 0 Å². The zero-order valence-electron chi connectivity index (χ0n) is 24.6. The first-order valence-corrected chi connectivity index (χ1v) is 15.4. The van der Waals surface area contributed by atoms with Crippen LogP contribution in [0.5, 0.6) is 0 Å². The second-order valence-corrected chi connectivity index (χ2v) is 11.7. The zero-order valence-corrected chi connectivity index (χ0v) is 24.6. The minimum Gasteiger partial charge on any atom is -0.456 e. The number of rotatable bonds is 3. The average molecular weight is 589 g/mol. The summed E-state index contributed by atoms with van der Waals surface area (Å²) in [6, 6.07) is 50.4. The van der Waals surface area contributed by atoms with Gasteiger partial charge in [-0.2, -0.15) is 9.97 Å². The summed E-state index contributed by atoms with van der Waals surface area (Å²) in [5.41, 5.74) is 5.56. The van der Waals surface area contributed by atoms with Gasteiger partial charge in [-0.3, -0.25) is 4.57 Å². The number of benzene rings is 7. The molecule has 10 rings (SSSR count). The van der Waals surface area contributed by atoms with E-state index in [9.17, 15) is 0 Å². The highest BCUT2D eigenvalue weighted by Gasteiger charge is 2.21. The van der Waals surface area contributed by atoms with Crippen LogP contribution in [0.1, 0.15) is 0 Å². The van der Waals surface area contributed by atoms with Crippen molar-refractivity contribution >= 4 is 65.3 Å². The molecule has 214 valence electrons. The monoisotopic (exact) mass is 588 g/mol. The number of hydrogen-bond donors (Lipinski definition) is 0. The van der Waals surface area contributed by atoms with Gasteiger partial charge < -0.3 is 4.42 Å². The maximum atomic E-state index is 6.25. The molecule has 0 saturated carbocycles. The third-order valence-corrected chi connectivity index (χ3v) is 9.02. The molecule has 0 aliphatic carbocycles. The van der Waals surface area contributed by atoms with Crippen LogP contribution in [-0.2, 0) is 0 Å². The molecule has 0 unspecified atom stereocenters. The lowest BCUT2D eigenvalue weighted by Crippen LogP contribution is -2.06. The van der Waals surface area contributed by atoms with Crippen molar-refractivity contribution in [3.8, 4) is 28.7 Å². The molecular formula is C41H24N4O. The van der Waals surface area contributed by atoms with Crippen molar-refractivity contribution < 1.29 is 4.42 Å². The summed E-state index contributed by atoms with van der Waals surface area (Å²) in [6.45, 7) is 0. The summed E-state index contributed by atoms with van der Waals surface area (Å²) in [7, 11) is 0. The van der Waals surface area contributed by atoms with Crippen molar-refractivity contribution in [2.24, 2.45) is 0 Å². The van der Waals surface area contributed by atoms with Gasteiger partial charge in [-0.15, -0.1) is 0 Å². The first kappa shape index (κ1) is 25.0. The van der Waals surface area contributed by atoms with Crippen LogP contribution >= 0.6 is 0 Å². The highest BCUT2D eigenvalue weighted by Crippen LogP contribution is 2.40. The van der Waals surface area contributed by atoms with Gasteiger partial charge in [0.15, 0.2) is 11.6 Å². The molecule has 0 fully saturated rings. The van der Waals surface area contributed by atoms with Gasteiger partial charge in [0.05, 0.1) is 11.0 Å². The largest absolute Gasteiger partial charge is 0.456 e. The smallest absolute Gasteiger partial charge is 0.238 e. The molecule has 0 aliphatic heterocycles. The van der Waals surface area contributed by atoms with E-state index in [-0.39, 0.29) is 0 Å². The summed E-state index contributed by atoms with van der Waals surface area (Å²) < 4.78 is 8.46. The molecule has 5 heteroatoms. The molecule has 0 radical (unpaired) electrons. The number of furan rings is 1. The molecule has 0 spiro atoms. The standard InChI is InChI=1S/C41H24N4O/c1-2-12-26(13-3-1)39-42-40(31-18-10-20-36-38(31)30-17-8-9-19-35(30)46-36)44-41(43-39)45-33-22-21-25-11-6-7-16-29(25)37(33)32-23-27-14-4-5-15-28(27)24-34(32)45/h1-24H. The lowest BCUT2D eigenvalue weighted by atomic mass is 10.0. The number of hydrogen-bond acceptors (Lipinski definition) is 4. The second-order valence-electron chi connectivity index (χ2n) is 11.7. The van der Waals surface area contributed by atoms with E-state index in [4.69, 9.17) is 19.4 Å². The van der Waals surface area contributed by atoms with Gasteiger partial charge in [0.2, 0.25) is 5.95 Å². The average Bonchev–Trinajstić information content (AvgIpc) is 3.66. The molecule has 10 aromatic rings. The van der Waals surface area contributed by atoms with Crippen molar-refractivity contribution in [1.82, 2.24) is 19.5 Å². The summed E-state index contributed by atoms with van der Waals surface area (Å²) >= 11 is 0. The Hall–Kier alpha value is -6.33. The van der Waals surface area contributed by atoms with E-state index in [0.717, 1.165) is 54.9 Å². The molecule has 3 heterocycles. The first-order chi connectivity index (χ1) is 22.8. The normalized spacial score (nSPS) is 11.9. The van der Waals surface area contributed by atoms with Gasteiger partial charge in [-0.25, -0.2) is 4.98 Å². The predicted octanol–water partition coefficient (Wildman–Crippen LogP) is 10.5. The Morgan fingerprint density at radius 1 is 0.435 bits per heavy atom. The topological polar surface area (TPSA) is 56.7 Å². The fourth-order valence-electron chi connectivity index (χ4n) is 6.95. The third-order valence-electron chi connectivity index (χ3n) is 9.02. The minimum atomic E-state index is 0.569. The molecule has 3 aromatic heterocycles. The Labute approximate surface area is 263 Å². The Morgan fingerprint density at radius 2 is 1.13 bits per heavy atom. The van der Waals surface area contributed by atoms with Crippen LogP contribution in [0.25, 0.3) is 94.0 Å². The van der Waals surface area contributed by atoms with Crippen LogP contribution < -0.4 is 0 Å². The summed E-state index contributed by atoms with van der Waals surface area (Å²) in [5.74, 6) is 1.78. The van der Waals surface area contributed by atoms with Gasteiger partial charge in [0, 0.05) is 32.7 Å². The Bertz CT molecular complexity index is 2810. The van der Waals surface area contributed by atoms with Crippen molar-refractivity contribution in [2.75, 3.05) is 0 Å². The minimum absolute atomic E-state index is 0.569. The molecule has 0 aliphatic rings. The zero-order chi connectivity index (χ0) is 30.2. The Kier molecular flexibility index (Phi) is 5.22. The number of aromatic nitrogens is 4. The fraction of sp³-hybridized carbons (Fsp3) is 0. The lowest BCUT2D eigenvalue weighted by Gasteiger charge is -2.12. The van der Waals surface area contributed by atoms with Crippen molar-refractivity contribution in [3.05, 3.63) is 146 Å². The van der Waals surface area contributed by atoms with Crippen LogP contribution in [0.15, 0.2) is 150 Å². The SMILES string of the molecule is c1ccc(-c2nc(-c3cccc4oc5ccccc5c34)nc(-n3c4cc5ccccc5cc4c4c5ccccc5ccc43)n2)cc1. The number of para-hydroxylation sites is 1. The molecule has 46 heavy (non-hydrogen) atoms. The van der Waals surface area contributed by atoms with Gasteiger partial charge in [0.25, 0.3) is 0 Å². The van der Waals surface area contributed by atoms with E-state index >= 15 is 0 Å². The van der Waals surface area contributed by atoms with E-state index in [0.29, 0.717) is 17.6 Å². The molecule has 0 saturated heterocycles. The van der Waals surface area contributed by atoms with E-state index in [1.807, 2.05) is 60.7 Å². The maximum Gasteiger partial charge on any atom is 0.238 e. The van der Waals surface area contributed by atoms with E-state index < -0.39 is 0 Å². The molecule has 0 N–H and O–H groups in total. The highest BCUT2D eigenvalue weighted by atomic mass is 16.3. The van der Waals surface area contributed by atoms with Crippen molar-refractivity contribution in [1.29, 1.82) is 0 Å². The fourth-order valence-corrected chi connectivity index (χ4v) is 6.95.